The van der Waals surface area contributed by atoms with Crippen molar-refractivity contribution in [3.05, 3.63) is 35.9 Å². The van der Waals surface area contributed by atoms with Crippen molar-refractivity contribution in [3.8, 4) is 0 Å². The zero-order chi connectivity index (χ0) is 11.8. The Bertz CT molecular complexity index is 336. The lowest BCUT2D eigenvalue weighted by Gasteiger charge is -2.22. The summed E-state index contributed by atoms with van der Waals surface area (Å²) in [4.78, 5) is 0. The third-order valence-electron chi connectivity index (χ3n) is 3.38. The first kappa shape index (κ1) is 11.7. The van der Waals surface area contributed by atoms with E-state index >= 15 is 0 Å². The van der Waals surface area contributed by atoms with Crippen molar-refractivity contribution in [2.24, 2.45) is 11.3 Å². The van der Waals surface area contributed by atoms with Gasteiger partial charge in [0.1, 0.15) is 0 Å². The molecule has 1 aromatic rings. The second-order valence-corrected chi connectivity index (χ2v) is 6.25. The van der Waals surface area contributed by atoms with Crippen LogP contribution in [0.1, 0.15) is 45.1 Å². The number of aliphatic hydroxyl groups is 1. The molecule has 0 aromatic heterocycles. The van der Waals surface area contributed by atoms with Gasteiger partial charge in [-0.1, -0.05) is 51.1 Å². The third-order valence-corrected chi connectivity index (χ3v) is 3.38. The van der Waals surface area contributed by atoms with E-state index in [0.717, 1.165) is 12.8 Å². The van der Waals surface area contributed by atoms with Crippen LogP contribution in [0.4, 0.5) is 0 Å². The van der Waals surface area contributed by atoms with Gasteiger partial charge in [0.15, 0.2) is 0 Å². The van der Waals surface area contributed by atoms with Gasteiger partial charge in [0.25, 0.3) is 0 Å². The highest BCUT2D eigenvalue weighted by Gasteiger charge is 2.43. The van der Waals surface area contributed by atoms with Gasteiger partial charge in [-0.3, -0.25) is 0 Å². The quantitative estimate of drug-likeness (QED) is 0.822. The van der Waals surface area contributed by atoms with Gasteiger partial charge < -0.3 is 5.11 Å². The molecule has 0 heterocycles. The molecule has 0 spiro atoms. The van der Waals surface area contributed by atoms with Gasteiger partial charge in [-0.25, -0.2) is 0 Å². The second kappa shape index (κ2) is 4.21. The van der Waals surface area contributed by atoms with Gasteiger partial charge >= 0.3 is 0 Å². The molecule has 0 saturated heterocycles. The number of aliphatic hydroxyl groups excluding tert-OH is 1. The van der Waals surface area contributed by atoms with Gasteiger partial charge in [-0.2, -0.15) is 0 Å². The molecule has 1 fully saturated rings. The molecule has 16 heavy (non-hydrogen) atoms. The first-order valence-corrected chi connectivity index (χ1v) is 6.20. The zero-order valence-corrected chi connectivity index (χ0v) is 10.5. The van der Waals surface area contributed by atoms with E-state index in [1.807, 2.05) is 6.07 Å². The topological polar surface area (TPSA) is 20.2 Å². The molecular formula is C15H22O. The molecule has 1 saturated carbocycles. The average molecular weight is 218 g/mol. The SMILES string of the molecule is CC(C)(C)CC(O)C1CC1c1ccccc1. The molecule has 1 aliphatic rings. The van der Waals surface area contributed by atoms with E-state index < -0.39 is 0 Å². The minimum absolute atomic E-state index is 0.134. The Balaban J connectivity index is 1.92. The van der Waals surface area contributed by atoms with Crippen molar-refractivity contribution in [1.82, 2.24) is 0 Å². The molecule has 3 unspecified atom stereocenters. The largest absolute Gasteiger partial charge is 0.393 e. The molecule has 0 aliphatic heterocycles. The van der Waals surface area contributed by atoms with Crippen LogP contribution >= 0.6 is 0 Å². The van der Waals surface area contributed by atoms with Crippen molar-refractivity contribution >= 4 is 0 Å². The van der Waals surface area contributed by atoms with E-state index in [4.69, 9.17) is 0 Å². The molecule has 1 nitrogen and oxygen atoms in total. The number of benzene rings is 1. The Morgan fingerprint density at radius 3 is 2.44 bits per heavy atom. The van der Waals surface area contributed by atoms with Crippen LogP contribution in [0, 0.1) is 11.3 Å². The van der Waals surface area contributed by atoms with Gasteiger partial charge in [-0.15, -0.1) is 0 Å². The third kappa shape index (κ3) is 2.85. The monoisotopic (exact) mass is 218 g/mol. The summed E-state index contributed by atoms with van der Waals surface area (Å²) < 4.78 is 0. The van der Waals surface area contributed by atoms with Gasteiger partial charge in [0.2, 0.25) is 0 Å². The van der Waals surface area contributed by atoms with E-state index in [0.29, 0.717) is 11.8 Å². The molecule has 1 heteroatoms. The van der Waals surface area contributed by atoms with E-state index in [9.17, 15) is 5.11 Å². The highest BCUT2D eigenvalue weighted by Crippen LogP contribution is 2.51. The summed E-state index contributed by atoms with van der Waals surface area (Å²) in [5, 5.41) is 10.2. The van der Waals surface area contributed by atoms with Crippen LogP contribution in [0.15, 0.2) is 30.3 Å². The number of hydrogen-bond donors (Lipinski definition) is 1. The Labute approximate surface area is 98.5 Å². The summed E-state index contributed by atoms with van der Waals surface area (Å²) in [6.07, 6.45) is 1.92. The lowest BCUT2D eigenvalue weighted by Crippen LogP contribution is -2.19. The van der Waals surface area contributed by atoms with E-state index in [1.165, 1.54) is 5.56 Å². The van der Waals surface area contributed by atoms with Crippen LogP contribution < -0.4 is 0 Å². The van der Waals surface area contributed by atoms with E-state index in [-0.39, 0.29) is 11.5 Å². The summed E-state index contributed by atoms with van der Waals surface area (Å²) in [5.41, 5.74) is 1.61. The van der Waals surface area contributed by atoms with Crippen molar-refractivity contribution in [3.63, 3.8) is 0 Å². The van der Waals surface area contributed by atoms with Crippen LogP contribution in [0.5, 0.6) is 0 Å². The van der Waals surface area contributed by atoms with Gasteiger partial charge in [-0.05, 0) is 35.7 Å². The summed E-state index contributed by atoms with van der Waals surface area (Å²) in [7, 11) is 0. The summed E-state index contributed by atoms with van der Waals surface area (Å²) >= 11 is 0. The Morgan fingerprint density at radius 2 is 1.88 bits per heavy atom. The Morgan fingerprint density at radius 1 is 1.25 bits per heavy atom. The highest BCUT2D eigenvalue weighted by atomic mass is 16.3. The van der Waals surface area contributed by atoms with Crippen LogP contribution in [0.2, 0.25) is 0 Å². The standard InChI is InChI=1S/C15H22O/c1-15(2,3)10-14(16)13-9-12(13)11-7-5-4-6-8-11/h4-8,12-14,16H,9-10H2,1-3H3. The minimum atomic E-state index is -0.134. The summed E-state index contributed by atoms with van der Waals surface area (Å²) in [6.45, 7) is 6.57. The molecular weight excluding hydrogens is 196 g/mol. The number of rotatable bonds is 3. The summed E-state index contributed by atoms with van der Waals surface area (Å²) in [6, 6.07) is 10.6. The first-order valence-electron chi connectivity index (χ1n) is 6.20. The van der Waals surface area contributed by atoms with Crippen molar-refractivity contribution < 1.29 is 5.11 Å². The predicted octanol–water partition coefficient (Wildman–Crippen LogP) is 3.59. The normalized spacial score (nSPS) is 26.5. The van der Waals surface area contributed by atoms with Crippen LogP contribution in [-0.2, 0) is 0 Å². The molecule has 0 amide bonds. The second-order valence-electron chi connectivity index (χ2n) is 6.25. The summed E-state index contributed by atoms with van der Waals surface area (Å²) in [5.74, 6) is 1.08. The van der Waals surface area contributed by atoms with Crippen LogP contribution in [0.25, 0.3) is 0 Å². The molecule has 0 bridgehead atoms. The smallest absolute Gasteiger partial charge is 0.0579 e. The maximum atomic E-state index is 10.2. The molecule has 1 N–H and O–H groups in total. The molecule has 2 rings (SSSR count). The Kier molecular flexibility index (Phi) is 3.07. The minimum Gasteiger partial charge on any atom is -0.393 e. The Hall–Kier alpha value is -0.820. The fourth-order valence-electron chi connectivity index (χ4n) is 2.50. The molecule has 1 aliphatic carbocycles. The lowest BCUT2D eigenvalue weighted by molar-refractivity contribution is 0.0995. The van der Waals surface area contributed by atoms with Crippen molar-refractivity contribution in [1.29, 1.82) is 0 Å². The molecule has 0 radical (unpaired) electrons. The van der Waals surface area contributed by atoms with Crippen LogP contribution in [-0.4, -0.2) is 11.2 Å². The molecule has 3 atom stereocenters. The average Bonchev–Trinajstić information content (AvgIpc) is 2.96. The number of hydrogen-bond acceptors (Lipinski definition) is 1. The molecule has 1 aromatic carbocycles. The predicted molar refractivity (Wildman–Crippen MR) is 67.4 cm³/mol. The maximum absolute atomic E-state index is 10.2. The van der Waals surface area contributed by atoms with Crippen molar-refractivity contribution in [2.75, 3.05) is 0 Å². The fourth-order valence-corrected chi connectivity index (χ4v) is 2.50. The van der Waals surface area contributed by atoms with E-state index in [2.05, 4.69) is 45.0 Å². The van der Waals surface area contributed by atoms with E-state index in [1.54, 1.807) is 0 Å². The maximum Gasteiger partial charge on any atom is 0.0579 e. The van der Waals surface area contributed by atoms with Gasteiger partial charge in [0, 0.05) is 0 Å². The first-order chi connectivity index (χ1) is 7.47. The molecule has 88 valence electrons. The fraction of sp³-hybridized carbons (Fsp3) is 0.600. The highest BCUT2D eigenvalue weighted by molar-refractivity contribution is 5.26. The van der Waals surface area contributed by atoms with Gasteiger partial charge in [0.05, 0.1) is 6.10 Å². The zero-order valence-electron chi connectivity index (χ0n) is 10.5. The van der Waals surface area contributed by atoms with Crippen molar-refractivity contribution in [2.45, 2.75) is 45.6 Å². The lowest BCUT2D eigenvalue weighted by atomic mass is 9.87. The van der Waals surface area contributed by atoms with Crippen LogP contribution in [0.3, 0.4) is 0 Å².